The summed E-state index contributed by atoms with van der Waals surface area (Å²) in [6, 6.07) is 7.58. The molecule has 0 saturated heterocycles. The highest BCUT2D eigenvalue weighted by Gasteiger charge is 2.12. The fourth-order valence-electron chi connectivity index (χ4n) is 1.52. The van der Waals surface area contributed by atoms with E-state index in [1.165, 1.54) is 12.5 Å². The predicted molar refractivity (Wildman–Crippen MR) is 59.2 cm³/mol. The molecule has 0 radical (unpaired) electrons. The molecule has 4 heteroatoms. The summed E-state index contributed by atoms with van der Waals surface area (Å²) in [6.45, 7) is 1.95. The number of aromatic nitrogens is 2. The zero-order valence-electron chi connectivity index (χ0n) is 8.71. The standard InChI is InChI=1S/C12H10N2O2/c1-8-3-2-4-9(5-8)10-6-13-7-14-11(10)12(15)16/h2-7H,1H3,(H,15,16). The van der Waals surface area contributed by atoms with Crippen LogP contribution in [-0.4, -0.2) is 21.0 Å². The van der Waals surface area contributed by atoms with Crippen LogP contribution in [0.4, 0.5) is 0 Å². The van der Waals surface area contributed by atoms with Crippen molar-refractivity contribution in [1.29, 1.82) is 0 Å². The number of aryl methyl sites for hydroxylation is 1. The molecule has 0 fully saturated rings. The molecule has 0 atom stereocenters. The Balaban J connectivity index is 2.60. The van der Waals surface area contributed by atoms with Crippen molar-refractivity contribution in [2.45, 2.75) is 6.92 Å². The SMILES string of the molecule is Cc1cccc(-c2cncnc2C(=O)O)c1. The van der Waals surface area contributed by atoms with Crippen LogP contribution in [-0.2, 0) is 0 Å². The minimum atomic E-state index is -1.04. The van der Waals surface area contributed by atoms with E-state index in [4.69, 9.17) is 5.11 Å². The van der Waals surface area contributed by atoms with Crippen molar-refractivity contribution in [3.05, 3.63) is 48.0 Å². The van der Waals surface area contributed by atoms with Crippen molar-refractivity contribution in [2.75, 3.05) is 0 Å². The van der Waals surface area contributed by atoms with Gasteiger partial charge in [-0.1, -0.05) is 29.8 Å². The van der Waals surface area contributed by atoms with Gasteiger partial charge >= 0.3 is 5.97 Å². The highest BCUT2D eigenvalue weighted by atomic mass is 16.4. The summed E-state index contributed by atoms with van der Waals surface area (Å²) in [6.07, 6.45) is 2.76. The van der Waals surface area contributed by atoms with Crippen molar-refractivity contribution < 1.29 is 9.90 Å². The van der Waals surface area contributed by atoms with Gasteiger partial charge in [0.25, 0.3) is 0 Å². The van der Waals surface area contributed by atoms with Crippen LogP contribution in [0.5, 0.6) is 0 Å². The number of rotatable bonds is 2. The Morgan fingerprint density at radius 1 is 1.38 bits per heavy atom. The molecule has 1 aromatic carbocycles. The van der Waals surface area contributed by atoms with Gasteiger partial charge in [0.2, 0.25) is 0 Å². The van der Waals surface area contributed by atoms with E-state index in [9.17, 15) is 4.79 Å². The second kappa shape index (κ2) is 4.10. The predicted octanol–water partition coefficient (Wildman–Crippen LogP) is 2.15. The van der Waals surface area contributed by atoms with Gasteiger partial charge in [0.05, 0.1) is 0 Å². The van der Waals surface area contributed by atoms with Crippen LogP contribution in [0, 0.1) is 6.92 Å². The third kappa shape index (κ3) is 1.91. The fourth-order valence-corrected chi connectivity index (χ4v) is 1.52. The van der Waals surface area contributed by atoms with Crippen LogP contribution in [0.25, 0.3) is 11.1 Å². The normalized spacial score (nSPS) is 10.1. The molecule has 16 heavy (non-hydrogen) atoms. The van der Waals surface area contributed by atoms with Crippen molar-refractivity contribution in [3.63, 3.8) is 0 Å². The Bertz CT molecular complexity index is 538. The lowest BCUT2D eigenvalue weighted by Gasteiger charge is -2.04. The summed E-state index contributed by atoms with van der Waals surface area (Å²) < 4.78 is 0. The number of hydrogen-bond acceptors (Lipinski definition) is 3. The zero-order valence-corrected chi connectivity index (χ0v) is 8.71. The van der Waals surface area contributed by atoms with Gasteiger partial charge in [0.1, 0.15) is 6.33 Å². The topological polar surface area (TPSA) is 63.1 Å². The summed E-state index contributed by atoms with van der Waals surface area (Å²) >= 11 is 0. The first-order valence-electron chi connectivity index (χ1n) is 4.79. The molecule has 1 N–H and O–H groups in total. The number of hydrogen-bond donors (Lipinski definition) is 1. The highest BCUT2D eigenvalue weighted by molar-refractivity contribution is 5.93. The highest BCUT2D eigenvalue weighted by Crippen LogP contribution is 2.22. The zero-order chi connectivity index (χ0) is 11.5. The van der Waals surface area contributed by atoms with Crippen molar-refractivity contribution in [2.24, 2.45) is 0 Å². The van der Waals surface area contributed by atoms with Gasteiger partial charge < -0.3 is 5.11 Å². The van der Waals surface area contributed by atoms with E-state index in [0.717, 1.165) is 11.1 Å². The molecule has 0 aliphatic rings. The number of carboxylic acid groups (broad SMARTS) is 1. The molecule has 0 bridgehead atoms. The van der Waals surface area contributed by atoms with E-state index >= 15 is 0 Å². The summed E-state index contributed by atoms with van der Waals surface area (Å²) in [5, 5.41) is 9.01. The van der Waals surface area contributed by atoms with E-state index in [-0.39, 0.29) is 5.69 Å². The van der Waals surface area contributed by atoms with Crippen LogP contribution in [0.15, 0.2) is 36.8 Å². The molecule has 2 rings (SSSR count). The van der Waals surface area contributed by atoms with E-state index in [0.29, 0.717) is 5.56 Å². The molecule has 4 nitrogen and oxygen atoms in total. The maximum Gasteiger partial charge on any atom is 0.355 e. The maximum absolute atomic E-state index is 11.0. The second-order valence-electron chi connectivity index (χ2n) is 3.46. The molecule has 1 aromatic heterocycles. The Morgan fingerprint density at radius 3 is 2.88 bits per heavy atom. The first-order chi connectivity index (χ1) is 7.68. The molecule has 1 heterocycles. The first kappa shape index (κ1) is 10.3. The van der Waals surface area contributed by atoms with Gasteiger partial charge in [-0.05, 0) is 12.5 Å². The number of carboxylic acids is 1. The Hall–Kier alpha value is -2.23. The van der Waals surface area contributed by atoms with Gasteiger partial charge in [0.15, 0.2) is 5.69 Å². The minimum Gasteiger partial charge on any atom is -0.476 e. The molecule has 0 spiro atoms. The lowest BCUT2D eigenvalue weighted by Crippen LogP contribution is -2.03. The third-order valence-corrected chi connectivity index (χ3v) is 2.24. The maximum atomic E-state index is 11.0. The fraction of sp³-hybridized carbons (Fsp3) is 0.0833. The minimum absolute atomic E-state index is 0.0283. The molecule has 0 aliphatic carbocycles. The second-order valence-corrected chi connectivity index (χ2v) is 3.46. The lowest BCUT2D eigenvalue weighted by molar-refractivity contribution is 0.0691. The van der Waals surface area contributed by atoms with Crippen LogP contribution in [0.1, 0.15) is 16.1 Å². The monoisotopic (exact) mass is 214 g/mol. The van der Waals surface area contributed by atoms with Gasteiger partial charge in [-0.2, -0.15) is 0 Å². The van der Waals surface area contributed by atoms with Crippen LogP contribution in [0.3, 0.4) is 0 Å². The first-order valence-corrected chi connectivity index (χ1v) is 4.79. The average Bonchev–Trinajstić information content (AvgIpc) is 2.29. The van der Waals surface area contributed by atoms with Gasteiger partial charge in [-0.25, -0.2) is 14.8 Å². The summed E-state index contributed by atoms with van der Waals surface area (Å²) in [5.74, 6) is -1.04. The molecule has 0 aliphatic heterocycles. The number of aromatic carboxylic acids is 1. The Kier molecular flexibility index (Phi) is 2.64. The van der Waals surface area contributed by atoms with Crippen LogP contribution < -0.4 is 0 Å². The van der Waals surface area contributed by atoms with Crippen LogP contribution >= 0.6 is 0 Å². The van der Waals surface area contributed by atoms with Crippen molar-refractivity contribution in [3.8, 4) is 11.1 Å². The van der Waals surface area contributed by atoms with Gasteiger partial charge in [0, 0.05) is 11.8 Å². The largest absolute Gasteiger partial charge is 0.476 e. The quantitative estimate of drug-likeness (QED) is 0.831. The smallest absolute Gasteiger partial charge is 0.355 e. The summed E-state index contributed by atoms with van der Waals surface area (Å²) in [5.41, 5.74) is 2.45. The van der Waals surface area contributed by atoms with Gasteiger partial charge in [-0.3, -0.25) is 0 Å². The summed E-state index contributed by atoms with van der Waals surface area (Å²) in [4.78, 5) is 18.6. The average molecular weight is 214 g/mol. The lowest BCUT2D eigenvalue weighted by atomic mass is 10.0. The molecule has 0 saturated carbocycles. The molecule has 0 unspecified atom stereocenters. The van der Waals surface area contributed by atoms with Crippen molar-refractivity contribution >= 4 is 5.97 Å². The van der Waals surface area contributed by atoms with E-state index in [1.54, 1.807) is 0 Å². The van der Waals surface area contributed by atoms with Crippen LogP contribution in [0.2, 0.25) is 0 Å². The molecular formula is C12H10N2O2. The number of carbonyl (C=O) groups is 1. The van der Waals surface area contributed by atoms with E-state index in [1.807, 2.05) is 31.2 Å². The molecule has 2 aromatic rings. The van der Waals surface area contributed by atoms with Crippen molar-refractivity contribution in [1.82, 2.24) is 9.97 Å². The molecular weight excluding hydrogens is 204 g/mol. The van der Waals surface area contributed by atoms with E-state index < -0.39 is 5.97 Å². The van der Waals surface area contributed by atoms with E-state index in [2.05, 4.69) is 9.97 Å². The Morgan fingerprint density at radius 2 is 2.19 bits per heavy atom. The number of benzene rings is 1. The summed E-state index contributed by atoms with van der Waals surface area (Å²) in [7, 11) is 0. The van der Waals surface area contributed by atoms with Gasteiger partial charge in [-0.15, -0.1) is 0 Å². The third-order valence-electron chi connectivity index (χ3n) is 2.24. The Labute approximate surface area is 92.6 Å². The number of nitrogens with zero attached hydrogens (tertiary/aromatic N) is 2. The molecule has 80 valence electrons. The molecule has 0 amide bonds.